The zero-order valence-corrected chi connectivity index (χ0v) is 7.00. The predicted molar refractivity (Wildman–Crippen MR) is 39.3 cm³/mol. The monoisotopic (exact) mass is 215 g/mol. The molecule has 0 amide bonds. The second-order valence-electron chi connectivity index (χ2n) is 1.96. The Morgan fingerprint density at radius 3 is 2.17 bits per heavy atom. The van der Waals surface area contributed by atoms with Gasteiger partial charge < -0.3 is 0 Å². The van der Waals surface area contributed by atoms with Gasteiger partial charge in [0.1, 0.15) is 10.7 Å². The molecule has 0 saturated carbocycles. The third-order valence-electron chi connectivity index (χ3n) is 1.14. The van der Waals surface area contributed by atoms with Crippen molar-refractivity contribution in [3.63, 3.8) is 0 Å². The van der Waals surface area contributed by atoms with Crippen molar-refractivity contribution in [2.75, 3.05) is 0 Å². The molecule has 0 aliphatic heterocycles. The number of alkyl halides is 3. The van der Waals surface area contributed by atoms with Gasteiger partial charge in [-0.05, 0) is 6.07 Å². The van der Waals surface area contributed by atoms with Gasteiger partial charge in [-0.3, -0.25) is 0 Å². The Hall–Kier alpha value is -0.480. The maximum Gasteiger partial charge on any atom is 0.420 e. The number of hydrogen-bond donors (Lipinski definition) is 0. The molecule has 0 aliphatic carbocycles. The van der Waals surface area contributed by atoms with E-state index >= 15 is 0 Å². The average Bonchev–Trinajstić information content (AvgIpc) is 1.82. The van der Waals surface area contributed by atoms with E-state index in [1.54, 1.807) is 0 Å². The number of aromatic nitrogens is 1. The molecule has 6 heteroatoms. The Kier molecular flexibility index (Phi) is 2.49. The maximum atomic E-state index is 12.1. The Labute approximate surface area is 76.1 Å². The molecule has 1 rings (SSSR count). The SMILES string of the molecule is FC(F)(F)c1c(Cl)ccnc1Cl. The van der Waals surface area contributed by atoms with Gasteiger partial charge in [0, 0.05) is 6.20 Å². The van der Waals surface area contributed by atoms with Crippen molar-refractivity contribution in [3.8, 4) is 0 Å². The first-order valence-corrected chi connectivity index (χ1v) is 3.55. The lowest BCUT2D eigenvalue weighted by atomic mass is 10.3. The number of nitrogens with zero attached hydrogens (tertiary/aromatic N) is 1. The number of hydrogen-bond acceptors (Lipinski definition) is 1. The second-order valence-corrected chi connectivity index (χ2v) is 2.72. The minimum Gasteiger partial charge on any atom is -0.244 e. The van der Waals surface area contributed by atoms with E-state index in [-0.39, 0.29) is 0 Å². The van der Waals surface area contributed by atoms with Crippen LogP contribution in [-0.2, 0) is 6.18 Å². The van der Waals surface area contributed by atoms with E-state index in [1.165, 1.54) is 0 Å². The molecule has 0 aliphatic rings. The maximum absolute atomic E-state index is 12.1. The molecule has 0 N–H and O–H groups in total. The van der Waals surface area contributed by atoms with Crippen molar-refractivity contribution in [1.29, 1.82) is 0 Å². The van der Waals surface area contributed by atoms with Crippen molar-refractivity contribution in [1.82, 2.24) is 4.98 Å². The molecule has 0 radical (unpaired) electrons. The zero-order valence-electron chi connectivity index (χ0n) is 5.49. The highest BCUT2D eigenvalue weighted by atomic mass is 35.5. The first-order chi connectivity index (χ1) is 5.43. The lowest BCUT2D eigenvalue weighted by Crippen LogP contribution is -2.07. The molecule has 1 aromatic rings. The average molecular weight is 216 g/mol. The van der Waals surface area contributed by atoms with Crippen molar-refractivity contribution < 1.29 is 13.2 Å². The zero-order chi connectivity index (χ0) is 9.35. The van der Waals surface area contributed by atoms with Crippen LogP contribution < -0.4 is 0 Å². The highest BCUT2D eigenvalue weighted by Crippen LogP contribution is 2.37. The molecule has 1 nitrogen and oxygen atoms in total. The van der Waals surface area contributed by atoms with Gasteiger partial charge in [0.25, 0.3) is 0 Å². The fraction of sp³-hybridized carbons (Fsp3) is 0.167. The van der Waals surface area contributed by atoms with Gasteiger partial charge in [-0.1, -0.05) is 23.2 Å². The van der Waals surface area contributed by atoms with E-state index in [0.717, 1.165) is 12.3 Å². The Balaban J connectivity index is 3.31. The minimum atomic E-state index is -4.55. The minimum absolute atomic E-state index is 0.442. The quantitative estimate of drug-likeness (QED) is 0.605. The van der Waals surface area contributed by atoms with Crippen LogP contribution in [0.15, 0.2) is 12.3 Å². The van der Waals surface area contributed by atoms with Crippen LogP contribution in [0.3, 0.4) is 0 Å². The lowest BCUT2D eigenvalue weighted by Gasteiger charge is -2.08. The molecule has 12 heavy (non-hydrogen) atoms. The number of pyridine rings is 1. The van der Waals surface area contributed by atoms with Crippen LogP contribution in [0.25, 0.3) is 0 Å². The summed E-state index contributed by atoms with van der Waals surface area (Å²) < 4.78 is 36.3. The molecule has 0 saturated heterocycles. The molecule has 0 atom stereocenters. The van der Waals surface area contributed by atoms with Gasteiger partial charge in [-0.25, -0.2) is 4.98 Å². The molecule has 1 heterocycles. The third-order valence-corrected chi connectivity index (χ3v) is 1.74. The van der Waals surface area contributed by atoms with Crippen LogP contribution in [0.2, 0.25) is 10.2 Å². The van der Waals surface area contributed by atoms with Crippen LogP contribution >= 0.6 is 23.2 Å². The molecule has 0 aromatic carbocycles. The van der Waals surface area contributed by atoms with Gasteiger partial charge in [0.2, 0.25) is 0 Å². The summed E-state index contributed by atoms with van der Waals surface area (Å²) in [6, 6.07) is 1.04. The van der Waals surface area contributed by atoms with Gasteiger partial charge in [0.15, 0.2) is 0 Å². The standard InChI is InChI=1S/C6H2Cl2F3N/c7-3-1-2-12-5(8)4(3)6(9,10)11/h1-2H. The van der Waals surface area contributed by atoms with Crippen LogP contribution in [0.4, 0.5) is 13.2 Å². The van der Waals surface area contributed by atoms with E-state index in [9.17, 15) is 13.2 Å². The van der Waals surface area contributed by atoms with E-state index in [0.29, 0.717) is 0 Å². The fourth-order valence-electron chi connectivity index (χ4n) is 0.667. The Morgan fingerprint density at radius 2 is 1.83 bits per heavy atom. The molecular weight excluding hydrogens is 214 g/mol. The summed E-state index contributed by atoms with van der Waals surface area (Å²) in [7, 11) is 0. The largest absolute Gasteiger partial charge is 0.420 e. The predicted octanol–water partition coefficient (Wildman–Crippen LogP) is 3.41. The van der Waals surface area contributed by atoms with E-state index in [4.69, 9.17) is 23.2 Å². The van der Waals surface area contributed by atoms with E-state index < -0.39 is 21.9 Å². The normalized spacial score (nSPS) is 11.8. The van der Waals surface area contributed by atoms with Gasteiger partial charge in [-0.15, -0.1) is 0 Å². The van der Waals surface area contributed by atoms with Crippen molar-refractivity contribution in [2.24, 2.45) is 0 Å². The summed E-state index contributed by atoms with van der Waals surface area (Å²) in [5.41, 5.74) is -1.09. The topological polar surface area (TPSA) is 12.9 Å². The first kappa shape index (κ1) is 9.61. The summed E-state index contributed by atoms with van der Waals surface area (Å²) >= 11 is 10.5. The summed E-state index contributed by atoms with van der Waals surface area (Å²) in [6.45, 7) is 0. The highest BCUT2D eigenvalue weighted by molar-refractivity contribution is 6.35. The fourth-order valence-corrected chi connectivity index (χ4v) is 1.23. The summed E-state index contributed by atoms with van der Waals surface area (Å²) in [6.07, 6.45) is -3.44. The summed E-state index contributed by atoms with van der Waals surface area (Å²) in [5.74, 6) is 0. The molecule has 0 bridgehead atoms. The Morgan fingerprint density at radius 1 is 1.25 bits per heavy atom. The Bertz CT molecular complexity index is 277. The van der Waals surface area contributed by atoms with Gasteiger partial charge >= 0.3 is 6.18 Å². The third kappa shape index (κ3) is 1.81. The van der Waals surface area contributed by atoms with Crippen LogP contribution in [0.1, 0.15) is 5.56 Å². The van der Waals surface area contributed by atoms with Crippen LogP contribution in [0, 0.1) is 0 Å². The smallest absolute Gasteiger partial charge is 0.244 e. The van der Waals surface area contributed by atoms with Crippen LogP contribution in [0.5, 0.6) is 0 Å². The molecule has 0 unspecified atom stereocenters. The van der Waals surface area contributed by atoms with Gasteiger partial charge in [-0.2, -0.15) is 13.2 Å². The first-order valence-electron chi connectivity index (χ1n) is 2.80. The molecule has 1 aromatic heterocycles. The van der Waals surface area contributed by atoms with E-state index in [2.05, 4.69) is 4.98 Å². The van der Waals surface area contributed by atoms with Crippen molar-refractivity contribution >= 4 is 23.2 Å². The van der Waals surface area contributed by atoms with E-state index in [1.807, 2.05) is 0 Å². The van der Waals surface area contributed by atoms with Crippen molar-refractivity contribution in [2.45, 2.75) is 6.18 Å². The second kappa shape index (κ2) is 3.11. The molecule has 0 fully saturated rings. The number of halogens is 5. The van der Waals surface area contributed by atoms with Gasteiger partial charge in [0.05, 0.1) is 5.02 Å². The molecular formula is C6H2Cl2F3N. The summed E-state index contributed by atoms with van der Waals surface area (Å²) in [5, 5.41) is -1.07. The molecule has 66 valence electrons. The highest BCUT2D eigenvalue weighted by Gasteiger charge is 2.36. The molecule has 0 spiro atoms. The van der Waals surface area contributed by atoms with Crippen LogP contribution in [-0.4, -0.2) is 4.98 Å². The van der Waals surface area contributed by atoms with Crippen molar-refractivity contribution in [3.05, 3.63) is 28.0 Å². The summed E-state index contributed by atoms with van der Waals surface area (Å²) in [4.78, 5) is 3.27. The number of rotatable bonds is 0. The lowest BCUT2D eigenvalue weighted by molar-refractivity contribution is -0.137.